The lowest BCUT2D eigenvalue weighted by atomic mass is 9.46. The molecule has 0 aromatic carbocycles. The molecular weight excluding hydrogens is 324 g/mol. The van der Waals surface area contributed by atoms with Gasteiger partial charge in [0.2, 0.25) is 0 Å². The number of furan rings is 1. The van der Waals surface area contributed by atoms with Crippen molar-refractivity contribution >= 4 is 0 Å². The predicted molar refractivity (Wildman–Crippen MR) is 100 cm³/mol. The van der Waals surface area contributed by atoms with E-state index < -0.39 is 5.60 Å². The van der Waals surface area contributed by atoms with Gasteiger partial charge in [-0.25, -0.2) is 0 Å². The third kappa shape index (κ3) is 2.02. The Morgan fingerprint density at radius 1 is 1.08 bits per heavy atom. The first-order valence-corrected chi connectivity index (χ1v) is 10.5. The highest BCUT2D eigenvalue weighted by Gasteiger charge is 2.64. The van der Waals surface area contributed by atoms with Gasteiger partial charge in [0.25, 0.3) is 0 Å². The molecule has 3 heteroatoms. The summed E-state index contributed by atoms with van der Waals surface area (Å²) in [6.07, 6.45) is 14.1. The summed E-state index contributed by atoms with van der Waals surface area (Å²) in [7, 11) is 0. The van der Waals surface area contributed by atoms with Crippen LogP contribution in [0.4, 0.5) is 0 Å². The van der Waals surface area contributed by atoms with Gasteiger partial charge in [-0.3, -0.25) is 0 Å². The van der Waals surface area contributed by atoms with Crippen LogP contribution in [0.1, 0.15) is 70.8 Å². The lowest BCUT2D eigenvalue weighted by Gasteiger charge is -2.59. The maximum atomic E-state index is 11.7. The topological polar surface area (TPSA) is 53.6 Å². The van der Waals surface area contributed by atoms with Crippen molar-refractivity contribution in [2.24, 2.45) is 28.6 Å². The van der Waals surface area contributed by atoms with E-state index in [9.17, 15) is 10.2 Å². The maximum Gasteiger partial charge on any atom is 0.0983 e. The SMILES string of the molecule is C[C@]12CC[C@H](O)CC1=CC[C@@H]1[C@@H]2CC[C@@]2(C)[C@H]1CC[C@@]2(O)c1ccoc1. The van der Waals surface area contributed by atoms with Crippen LogP contribution in [0.15, 0.2) is 34.7 Å². The second-order valence-electron chi connectivity index (χ2n) is 10.0. The zero-order valence-corrected chi connectivity index (χ0v) is 16.1. The van der Waals surface area contributed by atoms with Crippen molar-refractivity contribution in [1.82, 2.24) is 0 Å². The van der Waals surface area contributed by atoms with Crippen LogP contribution < -0.4 is 0 Å². The molecule has 0 bridgehead atoms. The first-order chi connectivity index (χ1) is 12.4. The summed E-state index contributed by atoms with van der Waals surface area (Å²) < 4.78 is 5.33. The van der Waals surface area contributed by atoms with E-state index in [0.717, 1.165) is 50.5 Å². The van der Waals surface area contributed by atoms with E-state index in [1.54, 1.807) is 12.5 Å². The van der Waals surface area contributed by atoms with E-state index in [1.807, 2.05) is 6.07 Å². The normalized spacial score (nSPS) is 50.5. The summed E-state index contributed by atoms with van der Waals surface area (Å²) >= 11 is 0. The quantitative estimate of drug-likeness (QED) is 0.711. The van der Waals surface area contributed by atoms with Crippen molar-refractivity contribution in [3.63, 3.8) is 0 Å². The van der Waals surface area contributed by atoms with Crippen LogP contribution >= 0.6 is 0 Å². The first kappa shape index (κ1) is 17.1. The molecule has 0 unspecified atom stereocenters. The number of allylic oxidation sites excluding steroid dienone is 1. The Labute approximate surface area is 156 Å². The molecule has 7 atom stereocenters. The molecule has 3 nitrogen and oxygen atoms in total. The van der Waals surface area contributed by atoms with Gasteiger partial charge in [-0.15, -0.1) is 0 Å². The fraction of sp³-hybridized carbons (Fsp3) is 0.739. The fourth-order valence-corrected chi connectivity index (χ4v) is 7.63. The van der Waals surface area contributed by atoms with Crippen molar-refractivity contribution < 1.29 is 14.6 Å². The molecule has 0 aliphatic heterocycles. The summed E-state index contributed by atoms with van der Waals surface area (Å²) in [6, 6.07) is 1.96. The number of rotatable bonds is 1. The van der Waals surface area contributed by atoms with Crippen molar-refractivity contribution in [3.05, 3.63) is 35.8 Å². The molecule has 1 heterocycles. The van der Waals surface area contributed by atoms with Crippen LogP contribution in [0, 0.1) is 28.6 Å². The van der Waals surface area contributed by atoms with Crippen LogP contribution in [0.3, 0.4) is 0 Å². The molecule has 142 valence electrons. The molecule has 3 fully saturated rings. The molecule has 4 aliphatic rings. The second kappa shape index (κ2) is 5.48. The number of hydrogen-bond donors (Lipinski definition) is 2. The molecule has 0 spiro atoms. The highest BCUT2D eigenvalue weighted by molar-refractivity contribution is 5.29. The van der Waals surface area contributed by atoms with Crippen LogP contribution in [-0.4, -0.2) is 16.3 Å². The smallest absolute Gasteiger partial charge is 0.0983 e. The van der Waals surface area contributed by atoms with Crippen LogP contribution in [-0.2, 0) is 5.60 Å². The molecule has 26 heavy (non-hydrogen) atoms. The Kier molecular flexibility index (Phi) is 3.60. The van der Waals surface area contributed by atoms with Gasteiger partial charge in [-0.2, -0.15) is 0 Å². The highest BCUT2D eigenvalue weighted by Crippen LogP contribution is 2.69. The van der Waals surface area contributed by atoms with E-state index in [0.29, 0.717) is 17.8 Å². The highest BCUT2D eigenvalue weighted by atomic mass is 16.3. The molecule has 0 amide bonds. The van der Waals surface area contributed by atoms with Gasteiger partial charge in [0.15, 0.2) is 0 Å². The lowest BCUT2D eigenvalue weighted by Crippen LogP contribution is -2.53. The summed E-state index contributed by atoms with van der Waals surface area (Å²) in [5.41, 5.74) is 1.95. The van der Waals surface area contributed by atoms with Gasteiger partial charge in [0, 0.05) is 11.0 Å². The average Bonchev–Trinajstić information content (AvgIpc) is 3.24. The third-order valence-corrected chi connectivity index (χ3v) is 9.23. The number of aliphatic hydroxyl groups is 2. The maximum absolute atomic E-state index is 11.7. The Balaban J connectivity index is 1.51. The predicted octanol–water partition coefficient (Wildman–Crippen LogP) is 4.79. The van der Waals surface area contributed by atoms with Gasteiger partial charge in [-0.05, 0) is 80.6 Å². The third-order valence-electron chi connectivity index (χ3n) is 9.23. The molecule has 2 N–H and O–H groups in total. The number of aliphatic hydroxyl groups excluding tert-OH is 1. The first-order valence-electron chi connectivity index (χ1n) is 10.5. The minimum atomic E-state index is -0.747. The molecule has 3 saturated carbocycles. The molecule has 5 rings (SSSR count). The van der Waals surface area contributed by atoms with E-state index in [-0.39, 0.29) is 16.9 Å². The zero-order chi connectivity index (χ0) is 18.2. The van der Waals surface area contributed by atoms with Crippen molar-refractivity contribution in [1.29, 1.82) is 0 Å². The minimum absolute atomic E-state index is 0.0616. The molecule has 1 aromatic heterocycles. The minimum Gasteiger partial charge on any atom is -0.472 e. The van der Waals surface area contributed by atoms with Crippen molar-refractivity contribution in [2.45, 2.75) is 76.9 Å². The Morgan fingerprint density at radius 2 is 1.88 bits per heavy atom. The standard InChI is InChI=1S/C23H32O3/c1-21-9-5-17(24)13-15(21)3-4-18-19(21)6-10-22(2)20(18)7-11-23(22,25)16-8-12-26-14-16/h3,8,12,14,17-20,24-25H,4-7,9-11,13H2,1-2H3/t17-,18+,19-,20-,21-,22-,23+/m0/s1. The van der Waals surface area contributed by atoms with E-state index >= 15 is 0 Å². The fourth-order valence-electron chi connectivity index (χ4n) is 7.63. The van der Waals surface area contributed by atoms with Crippen molar-refractivity contribution in [3.8, 4) is 0 Å². The van der Waals surface area contributed by atoms with E-state index in [1.165, 1.54) is 12.0 Å². The number of fused-ring (bicyclic) bond motifs is 5. The van der Waals surface area contributed by atoms with Crippen LogP contribution in [0.5, 0.6) is 0 Å². The van der Waals surface area contributed by atoms with Gasteiger partial charge >= 0.3 is 0 Å². The lowest BCUT2D eigenvalue weighted by molar-refractivity contribution is -0.129. The largest absolute Gasteiger partial charge is 0.472 e. The van der Waals surface area contributed by atoms with E-state index in [2.05, 4.69) is 19.9 Å². The summed E-state index contributed by atoms with van der Waals surface area (Å²) in [4.78, 5) is 0. The number of hydrogen-bond acceptors (Lipinski definition) is 3. The Bertz CT molecular complexity index is 722. The van der Waals surface area contributed by atoms with Crippen LogP contribution in [0.2, 0.25) is 0 Å². The Morgan fingerprint density at radius 3 is 2.65 bits per heavy atom. The Hall–Kier alpha value is -1.06. The van der Waals surface area contributed by atoms with Gasteiger partial charge in [0.1, 0.15) is 0 Å². The summed E-state index contributed by atoms with van der Waals surface area (Å²) in [5.74, 6) is 1.95. The summed E-state index contributed by atoms with van der Waals surface area (Å²) in [5, 5.41) is 21.9. The molecule has 0 saturated heterocycles. The van der Waals surface area contributed by atoms with Gasteiger partial charge < -0.3 is 14.6 Å². The summed E-state index contributed by atoms with van der Waals surface area (Å²) in [6.45, 7) is 4.79. The molecule has 0 radical (unpaired) electrons. The van der Waals surface area contributed by atoms with Gasteiger partial charge in [-0.1, -0.05) is 25.5 Å². The van der Waals surface area contributed by atoms with Crippen molar-refractivity contribution in [2.75, 3.05) is 0 Å². The second-order valence-corrected chi connectivity index (χ2v) is 10.0. The average molecular weight is 357 g/mol. The molecule has 4 aliphatic carbocycles. The van der Waals surface area contributed by atoms with E-state index in [4.69, 9.17) is 4.42 Å². The van der Waals surface area contributed by atoms with Crippen LogP contribution in [0.25, 0.3) is 0 Å². The molecule has 1 aromatic rings. The zero-order valence-electron chi connectivity index (χ0n) is 16.1. The molecular formula is C23H32O3. The monoisotopic (exact) mass is 356 g/mol. The van der Waals surface area contributed by atoms with Gasteiger partial charge in [0.05, 0.1) is 24.2 Å².